The molecular formula is C25H35N3O3S. The molecule has 7 heteroatoms. The average Bonchev–Trinajstić information content (AvgIpc) is 2.82. The summed E-state index contributed by atoms with van der Waals surface area (Å²) in [5, 5.41) is 3.24. The predicted molar refractivity (Wildman–Crippen MR) is 128 cm³/mol. The second-order valence-electron chi connectivity index (χ2n) is 8.78. The number of carbonyl (C=O) groups is 1. The van der Waals surface area contributed by atoms with E-state index in [1.54, 1.807) is 12.1 Å². The quantitative estimate of drug-likeness (QED) is 0.626. The number of hydrogen-bond acceptors (Lipinski definition) is 4. The summed E-state index contributed by atoms with van der Waals surface area (Å²) in [4.78, 5) is 14.8. The monoisotopic (exact) mass is 457 g/mol. The van der Waals surface area contributed by atoms with E-state index in [1.165, 1.54) is 4.31 Å². The first-order chi connectivity index (χ1) is 15.3. The summed E-state index contributed by atoms with van der Waals surface area (Å²) in [5.41, 5.74) is 2.18. The third kappa shape index (κ3) is 6.18. The van der Waals surface area contributed by atoms with E-state index < -0.39 is 10.0 Å². The van der Waals surface area contributed by atoms with Gasteiger partial charge in [0.15, 0.2) is 0 Å². The summed E-state index contributed by atoms with van der Waals surface area (Å²) < 4.78 is 28.6. The van der Waals surface area contributed by atoms with Crippen molar-refractivity contribution in [1.82, 2.24) is 14.5 Å². The Morgan fingerprint density at radius 3 is 2.19 bits per heavy atom. The minimum atomic E-state index is -3.72. The van der Waals surface area contributed by atoms with E-state index in [2.05, 4.69) is 19.2 Å². The Bertz CT molecular complexity index is 969. The molecule has 0 radical (unpaired) electrons. The number of hydrogen-bond donors (Lipinski definition) is 1. The third-order valence-electron chi connectivity index (χ3n) is 6.08. The average molecular weight is 458 g/mol. The van der Waals surface area contributed by atoms with Crippen LogP contribution in [0.1, 0.15) is 50.2 Å². The van der Waals surface area contributed by atoms with Crippen LogP contribution in [0.25, 0.3) is 0 Å². The minimum Gasteiger partial charge on any atom is -0.340 e. The molecule has 1 aliphatic rings. The van der Waals surface area contributed by atoms with Gasteiger partial charge in [-0.1, -0.05) is 63.2 Å². The fraction of sp³-hybridized carbons (Fsp3) is 0.480. The number of piperazine rings is 1. The van der Waals surface area contributed by atoms with Gasteiger partial charge in [0.1, 0.15) is 0 Å². The molecule has 1 saturated heterocycles. The molecule has 32 heavy (non-hydrogen) atoms. The molecule has 1 amide bonds. The summed E-state index contributed by atoms with van der Waals surface area (Å²) in [6.07, 6.45) is 0.185. The van der Waals surface area contributed by atoms with Crippen molar-refractivity contribution >= 4 is 15.9 Å². The lowest BCUT2D eigenvalue weighted by atomic mass is 10.0. The lowest BCUT2D eigenvalue weighted by molar-refractivity contribution is -0.131. The van der Waals surface area contributed by atoms with Crippen molar-refractivity contribution in [2.45, 2.75) is 43.9 Å². The topological polar surface area (TPSA) is 69.7 Å². The van der Waals surface area contributed by atoms with Gasteiger partial charge in [-0.25, -0.2) is 8.42 Å². The van der Waals surface area contributed by atoms with Crippen molar-refractivity contribution in [3.63, 3.8) is 0 Å². The van der Waals surface area contributed by atoms with E-state index in [4.69, 9.17) is 0 Å². The van der Waals surface area contributed by atoms with Crippen molar-refractivity contribution < 1.29 is 13.2 Å². The van der Waals surface area contributed by atoms with Crippen LogP contribution in [0.15, 0.2) is 59.5 Å². The Morgan fingerprint density at radius 2 is 1.59 bits per heavy atom. The minimum absolute atomic E-state index is 0.00854. The van der Waals surface area contributed by atoms with Crippen LogP contribution >= 0.6 is 0 Å². The van der Waals surface area contributed by atoms with Crippen LogP contribution in [-0.2, 0) is 14.8 Å². The standard InChI is InChI=1S/C25H35N3O3S/c1-20(2)22-9-11-24(12-10-22)32(30,31)28(19-21(3)23-7-5-4-6-8-23)16-13-25(29)27-17-14-26-15-18-27/h4-12,20-21,26H,13-19H2,1-3H3/t21-/m0/s1. The Hall–Kier alpha value is -2.22. The van der Waals surface area contributed by atoms with E-state index in [-0.39, 0.29) is 29.7 Å². The Labute approximate surface area is 192 Å². The van der Waals surface area contributed by atoms with Crippen LogP contribution in [0, 0.1) is 0 Å². The molecule has 0 aliphatic carbocycles. The Kier molecular flexibility index (Phi) is 8.45. The number of amides is 1. The van der Waals surface area contributed by atoms with Gasteiger partial charge in [0.05, 0.1) is 4.90 Å². The van der Waals surface area contributed by atoms with Gasteiger partial charge in [0, 0.05) is 45.7 Å². The summed E-state index contributed by atoms with van der Waals surface area (Å²) in [6.45, 7) is 9.59. The first-order valence-electron chi connectivity index (χ1n) is 11.4. The van der Waals surface area contributed by atoms with Gasteiger partial charge in [0.2, 0.25) is 15.9 Å². The van der Waals surface area contributed by atoms with Crippen LogP contribution in [0.3, 0.4) is 0 Å². The van der Waals surface area contributed by atoms with Gasteiger partial charge in [-0.3, -0.25) is 4.79 Å². The summed E-state index contributed by atoms with van der Waals surface area (Å²) in [7, 11) is -3.72. The molecule has 0 saturated carbocycles. The van der Waals surface area contributed by atoms with Crippen LogP contribution in [0.5, 0.6) is 0 Å². The van der Waals surface area contributed by atoms with Crippen LogP contribution in [-0.4, -0.2) is 62.8 Å². The van der Waals surface area contributed by atoms with Crippen LogP contribution in [0.2, 0.25) is 0 Å². The van der Waals surface area contributed by atoms with Crippen molar-refractivity contribution in [2.24, 2.45) is 0 Å². The fourth-order valence-corrected chi connectivity index (χ4v) is 5.50. The molecule has 1 heterocycles. The fourth-order valence-electron chi connectivity index (χ4n) is 3.97. The van der Waals surface area contributed by atoms with Crippen molar-refractivity contribution in [3.8, 4) is 0 Å². The van der Waals surface area contributed by atoms with Crippen molar-refractivity contribution in [1.29, 1.82) is 0 Å². The number of sulfonamides is 1. The molecule has 174 valence electrons. The molecule has 2 aromatic carbocycles. The van der Waals surface area contributed by atoms with E-state index in [1.807, 2.05) is 54.3 Å². The highest BCUT2D eigenvalue weighted by molar-refractivity contribution is 7.89. The van der Waals surface area contributed by atoms with Crippen molar-refractivity contribution in [2.75, 3.05) is 39.3 Å². The molecule has 0 spiro atoms. The zero-order valence-electron chi connectivity index (χ0n) is 19.3. The van der Waals surface area contributed by atoms with Crippen LogP contribution < -0.4 is 5.32 Å². The second-order valence-corrected chi connectivity index (χ2v) is 10.7. The molecule has 1 aliphatic heterocycles. The highest BCUT2D eigenvalue weighted by atomic mass is 32.2. The molecule has 3 rings (SSSR count). The van der Waals surface area contributed by atoms with E-state index in [0.29, 0.717) is 25.6 Å². The molecule has 2 aromatic rings. The number of benzene rings is 2. The van der Waals surface area contributed by atoms with Crippen LogP contribution in [0.4, 0.5) is 0 Å². The highest BCUT2D eigenvalue weighted by Crippen LogP contribution is 2.24. The van der Waals surface area contributed by atoms with E-state index >= 15 is 0 Å². The zero-order chi connectivity index (χ0) is 23.1. The van der Waals surface area contributed by atoms with Gasteiger partial charge in [-0.2, -0.15) is 4.31 Å². The maximum atomic E-state index is 13.6. The summed E-state index contributed by atoms with van der Waals surface area (Å²) in [6, 6.07) is 17.0. The number of nitrogens with one attached hydrogen (secondary N) is 1. The summed E-state index contributed by atoms with van der Waals surface area (Å²) >= 11 is 0. The van der Waals surface area contributed by atoms with E-state index in [9.17, 15) is 13.2 Å². The summed E-state index contributed by atoms with van der Waals surface area (Å²) in [5.74, 6) is 0.349. The Morgan fingerprint density at radius 1 is 0.969 bits per heavy atom. The van der Waals surface area contributed by atoms with Gasteiger partial charge in [0.25, 0.3) is 0 Å². The lowest BCUT2D eigenvalue weighted by Gasteiger charge is -2.29. The molecule has 1 fully saturated rings. The number of nitrogens with zero attached hydrogens (tertiary/aromatic N) is 2. The first-order valence-corrected chi connectivity index (χ1v) is 12.9. The molecule has 1 atom stereocenters. The molecule has 0 unspecified atom stereocenters. The number of rotatable bonds is 9. The molecule has 6 nitrogen and oxygen atoms in total. The highest BCUT2D eigenvalue weighted by Gasteiger charge is 2.28. The molecule has 0 bridgehead atoms. The third-order valence-corrected chi connectivity index (χ3v) is 7.95. The first kappa shape index (κ1) is 24.4. The lowest BCUT2D eigenvalue weighted by Crippen LogP contribution is -2.47. The van der Waals surface area contributed by atoms with Gasteiger partial charge < -0.3 is 10.2 Å². The number of carbonyl (C=O) groups excluding carboxylic acids is 1. The van der Waals surface area contributed by atoms with Gasteiger partial charge >= 0.3 is 0 Å². The predicted octanol–water partition coefficient (Wildman–Crippen LogP) is 3.43. The maximum Gasteiger partial charge on any atom is 0.243 e. The van der Waals surface area contributed by atoms with Gasteiger partial charge in [-0.05, 0) is 35.1 Å². The molecule has 0 aromatic heterocycles. The van der Waals surface area contributed by atoms with Crippen molar-refractivity contribution in [3.05, 3.63) is 65.7 Å². The maximum absolute atomic E-state index is 13.6. The Balaban J connectivity index is 1.80. The molecule has 1 N–H and O–H groups in total. The SMILES string of the molecule is CC(C)c1ccc(S(=O)(=O)N(CCC(=O)N2CCNCC2)C[C@H](C)c2ccccc2)cc1. The molecular weight excluding hydrogens is 422 g/mol. The normalized spacial score (nSPS) is 15.8. The van der Waals surface area contributed by atoms with Gasteiger partial charge in [-0.15, -0.1) is 0 Å². The second kappa shape index (κ2) is 11.1. The van der Waals surface area contributed by atoms with E-state index in [0.717, 1.165) is 24.2 Å². The largest absolute Gasteiger partial charge is 0.340 e. The smallest absolute Gasteiger partial charge is 0.243 e. The zero-order valence-corrected chi connectivity index (χ0v) is 20.1.